The number of carbonyl (C=O) groups is 2. The minimum absolute atomic E-state index is 0.0991. The Morgan fingerprint density at radius 1 is 0.875 bits per heavy atom. The Kier molecular flexibility index (Phi) is 6.72. The van der Waals surface area contributed by atoms with Crippen LogP contribution in [0.1, 0.15) is 33.3 Å². The van der Waals surface area contributed by atoms with E-state index in [0.29, 0.717) is 10.7 Å². The third-order valence-electron chi connectivity index (χ3n) is 5.02. The average Bonchev–Trinajstić information content (AvgIpc) is 3.20. The Labute approximate surface area is 191 Å². The van der Waals surface area contributed by atoms with Crippen LogP contribution >= 0.6 is 11.3 Å². The van der Waals surface area contributed by atoms with E-state index in [4.69, 9.17) is 0 Å². The van der Waals surface area contributed by atoms with E-state index in [0.717, 1.165) is 21.7 Å². The molecule has 0 bridgehead atoms. The number of amides is 2. The van der Waals surface area contributed by atoms with E-state index >= 15 is 0 Å². The van der Waals surface area contributed by atoms with Crippen molar-refractivity contribution >= 4 is 28.3 Å². The standard InChI is InChI=1S/C26H23N3O2S/c1-18-24(20-13-7-3-8-14-20)29-26(32-18)28-23(30)17-22(19-11-5-2-6-12-19)27-25(31)21-15-9-4-10-16-21/h2-16,22H,17H2,1H3,(H,27,31)(H,28,29,30)/t22-/m1/s1. The number of aromatic nitrogens is 1. The van der Waals surface area contributed by atoms with Gasteiger partial charge in [0.2, 0.25) is 5.91 Å². The summed E-state index contributed by atoms with van der Waals surface area (Å²) in [5.74, 6) is -0.427. The normalized spacial score (nSPS) is 11.5. The SMILES string of the molecule is Cc1sc(NC(=O)C[C@@H](NC(=O)c2ccccc2)c2ccccc2)nc1-c1ccccc1. The summed E-state index contributed by atoms with van der Waals surface area (Å²) in [6.07, 6.45) is 0.0991. The van der Waals surface area contributed by atoms with Crippen LogP contribution in [0, 0.1) is 6.92 Å². The molecule has 4 aromatic rings. The summed E-state index contributed by atoms with van der Waals surface area (Å²) >= 11 is 1.44. The van der Waals surface area contributed by atoms with Crippen molar-refractivity contribution in [1.29, 1.82) is 0 Å². The monoisotopic (exact) mass is 441 g/mol. The molecule has 0 radical (unpaired) electrons. The molecule has 0 aliphatic heterocycles. The average molecular weight is 442 g/mol. The first kappa shape index (κ1) is 21.5. The summed E-state index contributed by atoms with van der Waals surface area (Å²) in [4.78, 5) is 31.2. The van der Waals surface area contributed by atoms with Crippen molar-refractivity contribution in [2.45, 2.75) is 19.4 Å². The summed E-state index contributed by atoms with van der Waals surface area (Å²) < 4.78 is 0. The molecule has 0 aliphatic carbocycles. The minimum atomic E-state index is -0.460. The molecule has 0 unspecified atom stereocenters. The molecule has 0 spiro atoms. The number of hydrogen-bond donors (Lipinski definition) is 2. The Balaban J connectivity index is 1.49. The zero-order valence-corrected chi connectivity index (χ0v) is 18.4. The summed E-state index contributed by atoms with van der Waals surface area (Å²) in [6.45, 7) is 1.99. The Morgan fingerprint density at radius 2 is 1.47 bits per heavy atom. The van der Waals surface area contributed by atoms with E-state index in [1.807, 2.05) is 85.8 Å². The molecule has 5 nitrogen and oxygen atoms in total. The number of nitrogens with zero attached hydrogens (tertiary/aromatic N) is 1. The molecule has 3 aromatic carbocycles. The molecule has 0 aliphatic rings. The summed E-state index contributed by atoms with van der Waals surface area (Å²) in [5.41, 5.74) is 3.30. The molecule has 6 heteroatoms. The van der Waals surface area contributed by atoms with E-state index in [1.54, 1.807) is 12.1 Å². The number of thiazole rings is 1. The second-order valence-electron chi connectivity index (χ2n) is 7.34. The second kappa shape index (κ2) is 10.0. The highest BCUT2D eigenvalue weighted by Gasteiger charge is 2.20. The van der Waals surface area contributed by atoms with Crippen LogP contribution in [0.2, 0.25) is 0 Å². The molecule has 160 valence electrons. The van der Waals surface area contributed by atoms with Crippen molar-refractivity contribution in [2.75, 3.05) is 5.32 Å². The smallest absolute Gasteiger partial charge is 0.251 e. The van der Waals surface area contributed by atoms with Crippen molar-refractivity contribution in [3.8, 4) is 11.3 Å². The number of nitrogens with one attached hydrogen (secondary N) is 2. The van der Waals surface area contributed by atoms with Gasteiger partial charge in [-0.1, -0.05) is 78.9 Å². The molecule has 1 heterocycles. The zero-order chi connectivity index (χ0) is 22.3. The number of aryl methyl sites for hydroxylation is 1. The van der Waals surface area contributed by atoms with Gasteiger partial charge in [0.25, 0.3) is 5.91 Å². The predicted molar refractivity (Wildman–Crippen MR) is 129 cm³/mol. The fourth-order valence-electron chi connectivity index (χ4n) is 3.44. The second-order valence-corrected chi connectivity index (χ2v) is 8.55. The van der Waals surface area contributed by atoms with Crippen LogP contribution in [-0.2, 0) is 4.79 Å². The van der Waals surface area contributed by atoms with Crippen molar-refractivity contribution in [3.63, 3.8) is 0 Å². The van der Waals surface area contributed by atoms with Gasteiger partial charge in [-0.05, 0) is 24.6 Å². The fourth-order valence-corrected chi connectivity index (χ4v) is 4.29. The van der Waals surface area contributed by atoms with E-state index in [1.165, 1.54) is 11.3 Å². The summed E-state index contributed by atoms with van der Waals surface area (Å²) in [7, 11) is 0. The quantitative estimate of drug-likeness (QED) is 0.391. The third-order valence-corrected chi connectivity index (χ3v) is 5.91. The Morgan fingerprint density at radius 3 is 2.12 bits per heavy atom. The first-order valence-electron chi connectivity index (χ1n) is 10.3. The topological polar surface area (TPSA) is 71.1 Å². The maximum Gasteiger partial charge on any atom is 0.251 e. The molecule has 2 N–H and O–H groups in total. The van der Waals surface area contributed by atoms with Crippen LogP contribution in [0.5, 0.6) is 0 Å². The molecule has 32 heavy (non-hydrogen) atoms. The van der Waals surface area contributed by atoms with Gasteiger partial charge in [0.05, 0.1) is 18.2 Å². The first-order chi connectivity index (χ1) is 15.6. The number of carbonyl (C=O) groups excluding carboxylic acids is 2. The molecule has 1 atom stereocenters. The molecule has 2 amide bonds. The van der Waals surface area contributed by atoms with Crippen molar-refractivity contribution < 1.29 is 9.59 Å². The van der Waals surface area contributed by atoms with Crippen LogP contribution in [-0.4, -0.2) is 16.8 Å². The fraction of sp³-hybridized carbons (Fsp3) is 0.115. The number of hydrogen-bond acceptors (Lipinski definition) is 4. The Bertz CT molecular complexity index is 1190. The van der Waals surface area contributed by atoms with Crippen LogP contribution in [0.4, 0.5) is 5.13 Å². The number of anilines is 1. The third kappa shape index (κ3) is 5.28. The van der Waals surface area contributed by atoms with E-state index in [-0.39, 0.29) is 18.2 Å². The van der Waals surface area contributed by atoms with E-state index in [2.05, 4.69) is 15.6 Å². The number of rotatable bonds is 7. The maximum absolute atomic E-state index is 12.9. The Hall–Kier alpha value is -3.77. The molecular weight excluding hydrogens is 418 g/mol. The van der Waals surface area contributed by atoms with E-state index in [9.17, 15) is 9.59 Å². The highest BCUT2D eigenvalue weighted by Crippen LogP contribution is 2.30. The highest BCUT2D eigenvalue weighted by atomic mass is 32.1. The first-order valence-corrected chi connectivity index (χ1v) is 11.2. The van der Waals surface area contributed by atoms with Gasteiger partial charge in [0.1, 0.15) is 0 Å². The zero-order valence-electron chi connectivity index (χ0n) is 17.6. The highest BCUT2D eigenvalue weighted by molar-refractivity contribution is 7.16. The van der Waals surface area contributed by atoms with Gasteiger partial charge in [-0.25, -0.2) is 4.98 Å². The largest absolute Gasteiger partial charge is 0.345 e. The van der Waals surface area contributed by atoms with Crippen LogP contribution < -0.4 is 10.6 Å². The lowest BCUT2D eigenvalue weighted by atomic mass is 10.0. The van der Waals surface area contributed by atoms with Gasteiger partial charge in [-0.2, -0.15) is 0 Å². The molecular formula is C26H23N3O2S. The van der Waals surface area contributed by atoms with Crippen LogP contribution in [0.15, 0.2) is 91.0 Å². The van der Waals surface area contributed by atoms with Gasteiger partial charge < -0.3 is 10.6 Å². The lowest BCUT2D eigenvalue weighted by Crippen LogP contribution is -2.31. The molecule has 0 saturated heterocycles. The van der Waals surface area contributed by atoms with Crippen LogP contribution in [0.25, 0.3) is 11.3 Å². The van der Waals surface area contributed by atoms with Crippen molar-refractivity contribution in [2.24, 2.45) is 0 Å². The van der Waals surface area contributed by atoms with Gasteiger partial charge >= 0.3 is 0 Å². The van der Waals surface area contributed by atoms with Crippen molar-refractivity contribution in [3.05, 3.63) is 107 Å². The van der Waals surface area contributed by atoms with Crippen LogP contribution in [0.3, 0.4) is 0 Å². The maximum atomic E-state index is 12.9. The van der Waals surface area contributed by atoms with E-state index < -0.39 is 6.04 Å². The van der Waals surface area contributed by atoms with Gasteiger partial charge in [-0.15, -0.1) is 11.3 Å². The molecule has 0 saturated carbocycles. The lowest BCUT2D eigenvalue weighted by Gasteiger charge is -2.19. The molecule has 0 fully saturated rings. The molecule has 1 aromatic heterocycles. The molecule has 4 rings (SSSR count). The number of benzene rings is 3. The van der Waals surface area contributed by atoms with Crippen molar-refractivity contribution in [1.82, 2.24) is 10.3 Å². The lowest BCUT2D eigenvalue weighted by molar-refractivity contribution is -0.116. The minimum Gasteiger partial charge on any atom is -0.345 e. The summed E-state index contributed by atoms with van der Waals surface area (Å²) in [5, 5.41) is 6.44. The summed E-state index contributed by atoms with van der Waals surface area (Å²) in [6, 6.07) is 27.9. The van der Waals surface area contributed by atoms with Gasteiger partial charge in [-0.3, -0.25) is 9.59 Å². The van der Waals surface area contributed by atoms with Gasteiger partial charge in [0.15, 0.2) is 5.13 Å². The van der Waals surface area contributed by atoms with Gasteiger partial charge in [0, 0.05) is 16.0 Å². The predicted octanol–water partition coefficient (Wildman–Crippen LogP) is 5.62.